The number of benzene rings is 1. The number of piperazine rings is 1. The zero-order valence-corrected chi connectivity index (χ0v) is 14.9. The second-order valence-corrected chi connectivity index (χ2v) is 7.06. The number of amides is 1. The number of rotatable bonds is 6. The van der Waals surface area contributed by atoms with E-state index in [0.717, 1.165) is 44.8 Å². The number of aryl methyl sites for hydroxylation is 1. The van der Waals surface area contributed by atoms with E-state index >= 15 is 0 Å². The molecule has 1 aromatic carbocycles. The molecule has 0 bridgehead atoms. The molecule has 0 aliphatic carbocycles. The number of hydrogen-bond acceptors (Lipinski definition) is 4. The number of nitrogens with zero attached hydrogens (tertiary/aromatic N) is 1. The Labute approximate surface area is 149 Å². The van der Waals surface area contributed by atoms with Crippen molar-refractivity contribution >= 4 is 5.91 Å². The Hall–Kier alpha value is -1.63. The van der Waals surface area contributed by atoms with Gasteiger partial charge in [-0.1, -0.05) is 17.7 Å². The summed E-state index contributed by atoms with van der Waals surface area (Å²) >= 11 is 0. The highest BCUT2D eigenvalue weighted by Gasteiger charge is 2.32. The Bertz CT molecular complexity index is 549. The van der Waals surface area contributed by atoms with Gasteiger partial charge in [-0.05, 0) is 31.9 Å². The van der Waals surface area contributed by atoms with Crippen molar-refractivity contribution in [2.24, 2.45) is 0 Å². The molecule has 1 amide bonds. The lowest BCUT2D eigenvalue weighted by atomic mass is 10.2. The van der Waals surface area contributed by atoms with E-state index in [4.69, 9.17) is 9.47 Å². The van der Waals surface area contributed by atoms with Crippen LogP contribution in [0.5, 0.6) is 5.75 Å². The highest BCUT2D eigenvalue weighted by Crippen LogP contribution is 2.14. The summed E-state index contributed by atoms with van der Waals surface area (Å²) in [6, 6.07) is 7.84. The molecule has 6 heteroatoms. The zero-order chi connectivity index (χ0) is 17.6. The van der Waals surface area contributed by atoms with E-state index in [1.54, 1.807) is 0 Å². The largest absolute Gasteiger partial charge is 0.491 e. The Kier molecular flexibility index (Phi) is 6.29. The van der Waals surface area contributed by atoms with Crippen LogP contribution in [-0.4, -0.2) is 74.1 Å². The third-order valence-electron chi connectivity index (χ3n) is 4.98. The molecular formula is C19H29N2O4+. The van der Waals surface area contributed by atoms with Gasteiger partial charge in [-0.2, -0.15) is 0 Å². The van der Waals surface area contributed by atoms with Crippen molar-refractivity contribution in [1.82, 2.24) is 4.90 Å². The molecule has 2 atom stereocenters. The van der Waals surface area contributed by atoms with Crippen molar-refractivity contribution in [3.05, 3.63) is 29.8 Å². The fraction of sp³-hybridized carbons (Fsp3) is 0.632. The normalized spacial score (nSPS) is 22.8. The van der Waals surface area contributed by atoms with Gasteiger partial charge in [0.05, 0.1) is 26.2 Å². The Morgan fingerprint density at radius 3 is 2.72 bits per heavy atom. The Morgan fingerprint density at radius 2 is 2.08 bits per heavy atom. The Balaban J connectivity index is 1.36. The molecule has 0 radical (unpaired) electrons. The fourth-order valence-electron chi connectivity index (χ4n) is 3.44. The van der Waals surface area contributed by atoms with E-state index in [0.29, 0.717) is 19.8 Å². The molecule has 2 fully saturated rings. The highest BCUT2D eigenvalue weighted by molar-refractivity contribution is 5.81. The van der Waals surface area contributed by atoms with Crippen LogP contribution in [0, 0.1) is 6.92 Å². The van der Waals surface area contributed by atoms with Gasteiger partial charge >= 0.3 is 0 Å². The Morgan fingerprint density at radius 1 is 1.36 bits per heavy atom. The average molecular weight is 349 g/mol. The number of aliphatic hydroxyl groups excluding tert-OH is 1. The molecule has 1 aromatic rings. The summed E-state index contributed by atoms with van der Waals surface area (Å²) in [4.78, 5) is 15.6. The minimum absolute atomic E-state index is 0.139. The van der Waals surface area contributed by atoms with Crippen molar-refractivity contribution in [3.63, 3.8) is 0 Å². The van der Waals surface area contributed by atoms with E-state index in [2.05, 4.69) is 0 Å². The predicted molar refractivity (Wildman–Crippen MR) is 93.8 cm³/mol. The first-order chi connectivity index (χ1) is 12.1. The lowest BCUT2D eigenvalue weighted by molar-refractivity contribution is -0.907. The molecule has 2 N–H and O–H groups in total. The van der Waals surface area contributed by atoms with E-state index in [1.807, 2.05) is 36.1 Å². The van der Waals surface area contributed by atoms with Gasteiger partial charge in [0.15, 0.2) is 0 Å². The third-order valence-corrected chi connectivity index (χ3v) is 4.98. The van der Waals surface area contributed by atoms with Crippen molar-refractivity contribution in [2.75, 3.05) is 45.9 Å². The first-order valence-electron chi connectivity index (χ1n) is 9.23. The monoisotopic (exact) mass is 349 g/mol. The molecular weight excluding hydrogens is 320 g/mol. The number of quaternary nitrogens is 1. The summed E-state index contributed by atoms with van der Waals surface area (Å²) in [5.41, 5.74) is 1.19. The van der Waals surface area contributed by atoms with Crippen molar-refractivity contribution in [1.29, 1.82) is 0 Å². The molecule has 0 saturated carbocycles. The molecule has 2 aliphatic rings. The second kappa shape index (κ2) is 8.65. The number of nitrogens with one attached hydrogen (secondary N) is 1. The number of carbonyl (C=O) groups is 1. The smallest absolute Gasteiger partial charge is 0.252 e. The van der Waals surface area contributed by atoms with Gasteiger partial charge in [-0.25, -0.2) is 0 Å². The van der Waals surface area contributed by atoms with Crippen LogP contribution < -0.4 is 9.64 Å². The topological polar surface area (TPSA) is 63.4 Å². The molecule has 0 spiro atoms. The van der Waals surface area contributed by atoms with E-state index in [-0.39, 0.29) is 12.0 Å². The van der Waals surface area contributed by atoms with Crippen molar-refractivity contribution in [2.45, 2.75) is 32.0 Å². The molecule has 25 heavy (non-hydrogen) atoms. The van der Waals surface area contributed by atoms with Crippen LogP contribution >= 0.6 is 0 Å². The molecule has 2 heterocycles. The van der Waals surface area contributed by atoms with Gasteiger partial charge in [0.2, 0.25) is 0 Å². The third kappa shape index (κ3) is 5.17. The van der Waals surface area contributed by atoms with E-state index in [1.165, 1.54) is 10.5 Å². The summed E-state index contributed by atoms with van der Waals surface area (Å²) in [5, 5.41) is 10.2. The van der Waals surface area contributed by atoms with Gasteiger partial charge < -0.3 is 24.4 Å². The maximum absolute atomic E-state index is 12.3. The summed E-state index contributed by atoms with van der Waals surface area (Å²) in [6.07, 6.45) is 1.10. The lowest BCUT2D eigenvalue weighted by Gasteiger charge is -2.34. The molecule has 2 aliphatic heterocycles. The van der Waals surface area contributed by atoms with Crippen molar-refractivity contribution in [3.8, 4) is 5.75 Å². The maximum Gasteiger partial charge on any atom is 0.252 e. The predicted octanol–water partition coefficient (Wildman–Crippen LogP) is -0.359. The van der Waals surface area contributed by atoms with Crippen LogP contribution in [0.4, 0.5) is 0 Å². The number of hydrogen-bond donors (Lipinski definition) is 2. The first-order valence-corrected chi connectivity index (χ1v) is 9.23. The SMILES string of the molecule is Cc1ccc(OC[C@H](O)C[NH+]2CCN(C(=O)[C@H]3CCCO3)CC2)cc1. The van der Waals surface area contributed by atoms with Crippen LogP contribution in [0.3, 0.4) is 0 Å². The fourth-order valence-corrected chi connectivity index (χ4v) is 3.44. The van der Waals surface area contributed by atoms with Gasteiger partial charge in [0, 0.05) is 6.61 Å². The quantitative estimate of drug-likeness (QED) is 0.736. The maximum atomic E-state index is 12.3. The van der Waals surface area contributed by atoms with Crippen LogP contribution in [0.1, 0.15) is 18.4 Å². The summed E-state index contributed by atoms with van der Waals surface area (Å²) in [7, 11) is 0. The molecule has 0 aromatic heterocycles. The molecule has 138 valence electrons. The number of ether oxygens (including phenoxy) is 2. The van der Waals surface area contributed by atoms with Crippen LogP contribution in [0.2, 0.25) is 0 Å². The van der Waals surface area contributed by atoms with Gasteiger partial charge in [0.25, 0.3) is 5.91 Å². The molecule has 3 rings (SSSR count). The van der Waals surface area contributed by atoms with Crippen molar-refractivity contribution < 1.29 is 24.3 Å². The minimum Gasteiger partial charge on any atom is -0.491 e. The average Bonchev–Trinajstić information content (AvgIpc) is 3.16. The van der Waals surface area contributed by atoms with E-state index < -0.39 is 6.10 Å². The minimum atomic E-state index is -0.503. The number of aliphatic hydroxyl groups is 1. The summed E-state index contributed by atoms with van der Waals surface area (Å²) in [6.45, 7) is 6.87. The highest BCUT2D eigenvalue weighted by atomic mass is 16.5. The summed E-state index contributed by atoms with van der Waals surface area (Å²) in [5.74, 6) is 0.923. The van der Waals surface area contributed by atoms with Gasteiger partial charge in [-0.15, -0.1) is 0 Å². The molecule has 0 unspecified atom stereocenters. The number of carbonyl (C=O) groups excluding carboxylic acids is 1. The zero-order valence-electron chi connectivity index (χ0n) is 14.9. The van der Waals surface area contributed by atoms with Crippen LogP contribution in [0.25, 0.3) is 0 Å². The lowest BCUT2D eigenvalue weighted by Crippen LogP contribution is -3.16. The molecule has 6 nitrogen and oxygen atoms in total. The standard InChI is InChI=1S/C19H28N2O4/c1-15-4-6-17(7-5-15)25-14-16(22)13-20-8-10-21(11-9-20)19(23)18-3-2-12-24-18/h4-7,16,18,22H,2-3,8-14H2,1H3/p+1/t16-,18-/m1/s1. The van der Waals surface area contributed by atoms with Gasteiger partial charge in [0.1, 0.15) is 31.1 Å². The van der Waals surface area contributed by atoms with Crippen LogP contribution in [0.15, 0.2) is 24.3 Å². The van der Waals surface area contributed by atoms with Gasteiger partial charge in [-0.3, -0.25) is 4.79 Å². The second-order valence-electron chi connectivity index (χ2n) is 7.06. The van der Waals surface area contributed by atoms with E-state index in [9.17, 15) is 9.90 Å². The summed E-state index contributed by atoms with van der Waals surface area (Å²) < 4.78 is 11.1. The molecule has 2 saturated heterocycles. The first kappa shape index (κ1) is 18.2. The van der Waals surface area contributed by atoms with Crippen LogP contribution in [-0.2, 0) is 9.53 Å².